The fourth-order valence-corrected chi connectivity index (χ4v) is 2.75. The second-order valence-electron chi connectivity index (χ2n) is 6.07. The Kier molecular flexibility index (Phi) is 4.11. The summed E-state index contributed by atoms with van der Waals surface area (Å²) in [6.45, 7) is 7.12. The quantitative estimate of drug-likeness (QED) is 0.928. The Balaban J connectivity index is 2.71. The van der Waals surface area contributed by atoms with Crippen LogP contribution in [0, 0.1) is 0 Å². The summed E-state index contributed by atoms with van der Waals surface area (Å²) in [5.41, 5.74) is 4.74. The standard InChI is InChI=1S/C15H23N3O2/c1-15(2,3)13-11(6-7-20-5)12-14(18(13)4)17-10(9-19)8-16-12/h8,19H,6-7,9H2,1-5H3. The minimum absolute atomic E-state index is 0.000414. The van der Waals surface area contributed by atoms with E-state index >= 15 is 0 Å². The van der Waals surface area contributed by atoms with E-state index in [2.05, 4.69) is 35.3 Å². The molecular weight excluding hydrogens is 254 g/mol. The van der Waals surface area contributed by atoms with E-state index in [4.69, 9.17) is 4.74 Å². The topological polar surface area (TPSA) is 60.2 Å². The summed E-state index contributed by atoms with van der Waals surface area (Å²) >= 11 is 0. The van der Waals surface area contributed by atoms with Crippen LogP contribution in [0.3, 0.4) is 0 Å². The summed E-state index contributed by atoms with van der Waals surface area (Å²) in [4.78, 5) is 9.01. The molecule has 0 aromatic carbocycles. The SMILES string of the molecule is COCCc1c(C(C)(C)C)n(C)c2nc(CO)cnc12. The van der Waals surface area contributed by atoms with Gasteiger partial charge in [0.05, 0.1) is 25.1 Å². The zero-order valence-corrected chi connectivity index (χ0v) is 12.9. The number of hydrogen-bond acceptors (Lipinski definition) is 4. The number of fused-ring (bicyclic) bond motifs is 1. The van der Waals surface area contributed by atoms with Gasteiger partial charge in [0.2, 0.25) is 0 Å². The van der Waals surface area contributed by atoms with Crippen LogP contribution in [0.25, 0.3) is 11.2 Å². The van der Waals surface area contributed by atoms with Gasteiger partial charge in [0, 0.05) is 30.8 Å². The summed E-state index contributed by atoms with van der Waals surface area (Å²) in [7, 11) is 3.71. The van der Waals surface area contributed by atoms with Crippen molar-refractivity contribution in [1.29, 1.82) is 0 Å². The fraction of sp³-hybridized carbons (Fsp3) is 0.600. The third kappa shape index (κ3) is 2.55. The van der Waals surface area contributed by atoms with E-state index in [0.29, 0.717) is 12.3 Å². The van der Waals surface area contributed by atoms with Crippen molar-refractivity contribution in [2.75, 3.05) is 13.7 Å². The first-order chi connectivity index (χ1) is 9.40. The van der Waals surface area contributed by atoms with E-state index in [1.807, 2.05) is 7.05 Å². The molecule has 5 nitrogen and oxygen atoms in total. The van der Waals surface area contributed by atoms with Crippen molar-refractivity contribution in [1.82, 2.24) is 14.5 Å². The zero-order valence-electron chi connectivity index (χ0n) is 12.9. The third-order valence-corrected chi connectivity index (χ3v) is 3.46. The first kappa shape index (κ1) is 14.9. The van der Waals surface area contributed by atoms with Crippen molar-refractivity contribution >= 4 is 11.2 Å². The van der Waals surface area contributed by atoms with Crippen LogP contribution in [0.15, 0.2) is 6.20 Å². The van der Waals surface area contributed by atoms with Crippen LogP contribution < -0.4 is 0 Å². The molecule has 0 fully saturated rings. The van der Waals surface area contributed by atoms with Gasteiger partial charge >= 0.3 is 0 Å². The number of aliphatic hydroxyl groups is 1. The maximum atomic E-state index is 9.23. The minimum Gasteiger partial charge on any atom is -0.390 e. The predicted molar refractivity (Wildman–Crippen MR) is 78.7 cm³/mol. The smallest absolute Gasteiger partial charge is 0.159 e. The van der Waals surface area contributed by atoms with Gasteiger partial charge in [-0.2, -0.15) is 0 Å². The Hall–Kier alpha value is -1.46. The molecule has 0 aliphatic heterocycles. The van der Waals surface area contributed by atoms with Crippen LogP contribution in [0.4, 0.5) is 0 Å². The summed E-state index contributed by atoms with van der Waals surface area (Å²) in [5, 5.41) is 9.23. The normalized spacial score (nSPS) is 12.3. The van der Waals surface area contributed by atoms with E-state index in [1.54, 1.807) is 13.3 Å². The maximum Gasteiger partial charge on any atom is 0.159 e. The molecule has 2 aromatic heterocycles. The lowest BCUT2D eigenvalue weighted by Crippen LogP contribution is -2.18. The highest BCUT2D eigenvalue weighted by Gasteiger charge is 2.26. The number of nitrogens with zero attached hydrogens (tertiary/aromatic N) is 3. The van der Waals surface area contributed by atoms with E-state index in [9.17, 15) is 5.11 Å². The number of methoxy groups -OCH3 is 1. The molecule has 5 heteroatoms. The Morgan fingerprint density at radius 1 is 1.35 bits per heavy atom. The van der Waals surface area contributed by atoms with Crippen LogP contribution in [0.1, 0.15) is 37.7 Å². The molecule has 0 atom stereocenters. The third-order valence-electron chi connectivity index (χ3n) is 3.46. The number of aryl methyl sites for hydroxylation is 1. The molecular formula is C15H23N3O2. The summed E-state index contributed by atoms with van der Waals surface area (Å²) in [6, 6.07) is 0. The summed E-state index contributed by atoms with van der Waals surface area (Å²) < 4.78 is 7.31. The molecule has 0 saturated carbocycles. The lowest BCUT2D eigenvalue weighted by atomic mass is 9.88. The van der Waals surface area contributed by atoms with Crippen LogP contribution in [0.5, 0.6) is 0 Å². The molecule has 2 aromatic rings. The van der Waals surface area contributed by atoms with Gasteiger partial charge in [0.15, 0.2) is 5.65 Å². The van der Waals surface area contributed by atoms with Crippen molar-refractivity contribution < 1.29 is 9.84 Å². The molecule has 20 heavy (non-hydrogen) atoms. The van der Waals surface area contributed by atoms with Gasteiger partial charge < -0.3 is 14.4 Å². The second-order valence-corrected chi connectivity index (χ2v) is 6.07. The van der Waals surface area contributed by atoms with E-state index in [1.165, 1.54) is 11.3 Å². The lowest BCUT2D eigenvalue weighted by molar-refractivity contribution is 0.202. The van der Waals surface area contributed by atoms with Gasteiger partial charge in [-0.3, -0.25) is 4.98 Å². The average Bonchev–Trinajstić information content (AvgIpc) is 2.68. The van der Waals surface area contributed by atoms with E-state index < -0.39 is 0 Å². The Labute approximate surface area is 119 Å². The van der Waals surface area contributed by atoms with Crippen LogP contribution in [-0.2, 0) is 30.2 Å². The molecule has 0 spiro atoms. The van der Waals surface area contributed by atoms with Gasteiger partial charge in [-0.15, -0.1) is 0 Å². The molecule has 2 rings (SSSR count). The maximum absolute atomic E-state index is 9.23. The molecule has 2 heterocycles. The minimum atomic E-state index is -0.0909. The Morgan fingerprint density at radius 2 is 2.05 bits per heavy atom. The molecule has 0 radical (unpaired) electrons. The largest absolute Gasteiger partial charge is 0.390 e. The summed E-state index contributed by atoms with van der Waals surface area (Å²) in [6.07, 6.45) is 2.46. The van der Waals surface area contributed by atoms with Crippen molar-refractivity contribution in [2.24, 2.45) is 7.05 Å². The monoisotopic (exact) mass is 277 g/mol. The number of aliphatic hydroxyl groups excluding tert-OH is 1. The van der Waals surface area contributed by atoms with Gasteiger partial charge in [0.25, 0.3) is 0 Å². The van der Waals surface area contributed by atoms with Gasteiger partial charge in [0.1, 0.15) is 5.52 Å². The zero-order chi connectivity index (χ0) is 14.9. The van der Waals surface area contributed by atoms with E-state index in [-0.39, 0.29) is 12.0 Å². The van der Waals surface area contributed by atoms with Gasteiger partial charge in [-0.25, -0.2) is 4.98 Å². The van der Waals surface area contributed by atoms with Gasteiger partial charge in [-0.05, 0) is 6.42 Å². The molecule has 0 unspecified atom stereocenters. The Morgan fingerprint density at radius 3 is 2.60 bits per heavy atom. The average molecular weight is 277 g/mol. The highest BCUT2D eigenvalue weighted by Crippen LogP contribution is 2.32. The lowest BCUT2D eigenvalue weighted by Gasteiger charge is -2.22. The first-order valence-corrected chi connectivity index (χ1v) is 6.83. The highest BCUT2D eigenvalue weighted by molar-refractivity contribution is 5.78. The molecule has 1 N–H and O–H groups in total. The molecule has 0 amide bonds. The summed E-state index contributed by atoms with van der Waals surface area (Å²) in [5.74, 6) is 0. The molecule has 0 aliphatic carbocycles. The molecule has 0 aliphatic rings. The predicted octanol–water partition coefficient (Wildman–Crippen LogP) is 1.95. The van der Waals surface area contributed by atoms with E-state index in [0.717, 1.165) is 17.6 Å². The fourth-order valence-electron chi connectivity index (χ4n) is 2.75. The highest BCUT2D eigenvalue weighted by atomic mass is 16.5. The van der Waals surface area contributed by atoms with Crippen molar-refractivity contribution in [3.05, 3.63) is 23.1 Å². The van der Waals surface area contributed by atoms with Crippen molar-refractivity contribution in [2.45, 2.75) is 39.2 Å². The second kappa shape index (κ2) is 5.50. The molecule has 110 valence electrons. The van der Waals surface area contributed by atoms with Crippen LogP contribution >= 0.6 is 0 Å². The van der Waals surface area contributed by atoms with Crippen LogP contribution in [-0.4, -0.2) is 33.4 Å². The van der Waals surface area contributed by atoms with Gasteiger partial charge in [-0.1, -0.05) is 20.8 Å². The number of rotatable bonds is 4. The van der Waals surface area contributed by atoms with Crippen molar-refractivity contribution in [3.63, 3.8) is 0 Å². The Bertz CT molecular complexity index is 612. The number of hydrogen-bond donors (Lipinski definition) is 1. The molecule has 0 saturated heterocycles. The number of aromatic nitrogens is 3. The number of ether oxygens (including phenoxy) is 1. The molecule has 0 bridgehead atoms. The van der Waals surface area contributed by atoms with Crippen molar-refractivity contribution in [3.8, 4) is 0 Å². The van der Waals surface area contributed by atoms with Crippen LogP contribution in [0.2, 0.25) is 0 Å². The first-order valence-electron chi connectivity index (χ1n) is 6.83.